The number of aryl methyl sites for hydroxylation is 1. The summed E-state index contributed by atoms with van der Waals surface area (Å²) in [5.41, 5.74) is 8.32. The zero-order valence-electron chi connectivity index (χ0n) is 9.10. The summed E-state index contributed by atoms with van der Waals surface area (Å²) in [6, 6.07) is 8.17. The van der Waals surface area contributed by atoms with E-state index in [1.807, 2.05) is 14.0 Å². The van der Waals surface area contributed by atoms with E-state index in [0.29, 0.717) is 6.42 Å². The van der Waals surface area contributed by atoms with Crippen LogP contribution >= 0.6 is 0 Å². The molecule has 2 atom stereocenters. The van der Waals surface area contributed by atoms with Crippen molar-refractivity contribution in [2.45, 2.75) is 25.4 Å². The van der Waals surface area contributed by atoms with E-state index in [9.17, 15) is 4.79 Å². The first-order valence-corrected chi connectivity index (χ1v) is 5.17. The minimum atomic E-state index is -0.0785. The zero-order valence-corrected chi connectivity index (χ0v) is 9.10. The molecule has 2 rings (SSSR count). The second kappa shape index (κ2) is 3.66. The van der Waals surface area contributed by atoms with E-state index in [4.69, 9.17) is 5.73 Å². The Kier molecular flexibility index (Phi) is 2.49. The van der Waals surface area contributed by atoms with Crippen LogP contribution in [0.15, 0.2) is 24.3 Å². The fourth-order valence-corrected chi connectivity index (χ4v) is 2.13. The van der Waals surface area contributed by atoms with Crippen molar-refractivity contribution in [1.82, 2.24) is 4.90 Å². The first kappa shape index (κ1) is 10.2. The van der Waals surface area contributed by atoms with E-state index in [0.717, 1.165) is 5.56 Å². The van der Waals surface area contributed by atoms with E-state index in [-0.39, 0.29) is 18.0 Å². The summed E-state index contributed by atoms with van der Waals surface area (Å²) in [4.78, 5) is 13.2. The van der Waals surface area contributed by atoms with Gasteiger partial charge in [-0.3, -0.25) is 4.79 Å². The number of amides is 1. The molecule has 2 unspecified atom stereocenters. The number of nitrogens with zero attached hydrogens (tertiary/aromatic N) is 1. The summed E-state index contributed by atoms with van der Waals surface area (Å²) in [6.07, 6.45) is 0.453. The molecule has 0 radical (unpaired) electrons. The van der Waals surface area contributed by atoms with Gasteiger partial charge in [-0.2, -0.15) is 0 Å². The first-order chi connectivity index (χ1) is 7.09. The molecular formula is C12H16N2O. The van der Waals surface area contributed by atoms with E-state index >= 15 is 0 Å². The molecule has 15 heavy (non-hydrogen) atoms. The Labute approximate surface area is 89.9 Å². The Balaban J connectivity index is 2.30. The van der Waals surface area contributed by atoms with Crippen LogP contribution in [0.25, 0.3) is 0 Å². The molecule has 0 aliphatic carbocycles. The summed E-state index contributed by atoms with van der Waals surface area (Å²) in [5.74, 6) is 0.132. The van der Waals surface area contributed by atoms with Crippen molar-refractivity contribution in [3.05, 3.63) is 35.4 Å². The van der Waals surface area contributed by atoms with Gasteiger partial charge in [0.25, 0.3) is 0 Å². The van der Waals surface area contributed by atoms with Crippen LogP contribution in [0.2, 0.25) is 0 Å². The maximum Gasteiger partial charge on any atom is 0.224 e. The normalized spacial score (nSPS) is 26.1. The molecule has 3 nitrogen and oxygen atoms in total. The number of benzene rings is 1. The van der Waals surface area contributed by atoms with E-state index in [1.54, 1.807) is 4.90 Å². The van der Waals surface area contributed by atoms with Crippen molar-refractivity contribution < 1.29 is 4.79 Å². The number of likely N-dealkylation sites (tertiary alicyclic amines) is 1. The summed E-state index contributed by atoms with van der Waals surface area (Å²) in [7, 11) is 1.82. The van der Waals surface area contributed by atoms with Gasteiger partial charge in [-0.15, -0.1) is 0 Å². The van der Waals surface area contributed by atoms with Crippen molar-refractivity contribution in [2.24, 2.45) is 5.73 Å². The number of hydrogen-bond acceptors (Lipinski definition) is 2. The van der Waals surface area contributed by atoms with Crippen LogP contribution in [0.3, 0.4) is 0 Å². The molecule has 0 spiro atoms. The molecule has 1 aromatic carbocycles. The molecule has 1 aliphatic rings. The van der Waals surface area contributed by atoms with Gasteiger partial charge < -0.3 is 10.6 Å². The van der Waals surface area contributed by atoms with Crippen molar-refractivity contribution in [1.29, 1.82) is 0 Å². The lowest BCUT2D eigenvalue weighted by atomic mass is 10.00. The fourth-order valence-electron chi connectivity index (χ4n) is 2.13. The molecule has 1 saturated heterocycles. The van der Waals surface area contributed by atoms with Crippen molar-refractivity contribution in [3.63, 3.8) is 0 Å². The molecular weight excluding hydrogens is 188 g/mol. The molecule has 80 valence electrons. The number of carbonyl (C=O) groups excluding carboxylic acids is 1. The molecule has 1 heterocycles. The van der Waals surface area contributed by atoms with Gasteiger partial charge in [0, 0.05) is 19.5 Å². The molecule has 0 aromatic heterocycles. The summed E-state index contributed by atoms with van der Waals surface area (Å²) < 4.78 is 0. The average molecular weight is 204 g/mol. The lowest BCUT2D eigenvalue weighted by Gasteiger charge is -2.23. The highest BCUT2D eigenvalue weighted by molar-refractivity contribution is 5.80. The molecule has 1 fully saturated rings. The topological polar surface area (TPSA) is 46.3 Å². The molecule has 1 aromatic rings. The van der Waals surface area contributed by atoms with Gasteiger partial charge in [-0.1, -0.05) is 29.8 Å². The highest BCUT2D eigenvalue weighted by atomic mass is 16.2. The number of likely N-dealkylation sites (N-methyl/N-ethyl adjacent to an activating group) is 1. The highest BCUT2D eigenvalue weighted by Gasteiger charge is 2.35. The van der Waals surface area contributed by atoms with Crippen LogP contribution in [0.1, 0.15) is 23.6 Å². The minimum Gasteiger partial charge on any atom is -0.337 e. The molecule has 0 bridgehead atoms. The van der Waals surface area contributed by atoms with Crippen molar-refractivity contribution >= 4 is 5.91 Å². The fraction of sp³-hybridized carbons (Fsp3) is 0.417. The maximum atomic E-state index is 11.5. The third-order valence-corrected chi connectivity index (χ3v) is 3.05. The standard InChI is InChI=1S/C12H16N2O/c1-8-3-5-9(6-4-8)12-10(13)7-11(15)14(12)2/h3-6,10,12H,7,13H2,1-2H3. The maximum absolute atomic E-state index is 11.5. The monoisotopic (exact) mass is 204 g/mol. The Morgan fingerprint density at radius 1 is 1.33 bits per heavy atom. The second-order valence-electron chi connectivity index (χ2n) is 4.23. The zero-order chi connectivity index (χ0) is 11.0. The predicted octanol–water partition coefficient (Wildman–Crippen LogP) is 1.23. The highest BCUT2D eigenvalue weighted by Crippen LogP contribution is 2.30. The van der Waals surface area contributed by atoms with Gasteiger partial charge in [0.15, 0.2) is 0 Å². The molecule has 1 aliphatic heterocycles. The van der Waals surface area contributed by atoms with Crippen LogP contribution in [0.5, 0.6) is 0 Å². The largest absolute Gasteiger partial charge is 0.337 e. The second-order valence-corrected chi connectivity index (χ2v) is 4.23. The summed E-state index contributed by atoms with van der Waals surface area (Å²) >= 11 is 0. The first-order valence-electron chi connectivity index (χ1n) is 5.17. The minimum absolute atomic E-state index is 0.0399. The van der Waals surface area contributed by atoms with Crippen LogP contribution < -0.4 is 5.73 Å². The van der Waals surface area contributed by atoms with Gasteiger partial charge >= 0.3 is 0 Å². The Bertz CT molecular complexity index is 372. The van der Waals surface area contributed by atoms with Gasteiger partial charge in [0.05, 0.1) is 6.04 Å². The average Bonchev–Trinajstić information content (AvgIpc) is 2.44. The molecule has 0 saturated carbocycles. The van der Waals surface area contributed by atoms with Crippen molar-refractivity contribution in [3.8, 4) is 0 Å². The Hall–Kier alpha value is -1.35. The Morgan fingerprint density at radius 3 is 2.40 bits per heavy atom. The van der Waals surface area contributed by atoms with E-state index in [1.165, 1.54) is 5.56 Å². The van der Waals surface area contributed by atoms with Crippen LogP contribution in [0, 0.1) is 6.92 Å². The number of carbonyl (C=O) groups is 1. The lowest BCUT2D eigenvalue weighted by Crippen LogP contribution is -2.30. The SMILES string of the molecule is Cc1ccc(C2C(N)CC(=O)N2C)cc1. The third kappa shape index (κ3) is 1.75. The lowest BCUT2D eigenvalue weighted by molar-refractivity contribution is -0.127. The van der Waals surface area contributed by atoms with Crippen LogP contribution in [-0.2, 0) is 4.79 Å². The van der Waals surface area contributed by atoms with Crippen molar-refractivity contribution in [2.75, 3.05) is 7.05 Å². The van der Waals surface area contributed by atoms with Gasteiger partial charge in [0.1, 0.15) is 0 Å². The molecule has 2 N–H and O–H groups in total. The van der Waals surface area contributed by atoms with Crippen LogP contribution in [-0.4, -0.2) is 23.9 Å². The van der Waals surface area contributed by atoms with Gasteiger partial charge in [-0.05, 0) is 12.5 Å². The van der Waals surface area contributed by atoms with Gasteiger partial charge in [0.2, 0.25) is 5.91 Å². The number of hydrogen-bond donors (Lipinski definition) is 1. The number of rotatable bonds is 1. The Morgan fingerprint density at radius 2 is 1.93 bits per heavy atom. The molecule has 3 heteroatoms. The smallest absolute Gasteiger partial charge is 0.224 e. The van der Waals surface area contributed by atoms with E-state index < -0.39 is 0 Å². The van der Waals surface area contributed by atoms with Crippen LogP contribution in [0.4, 0.5) is 0 Å². The van der Waals surface area contributed by atoms with E-state index in [2.05, 4.69) is 24.3 Å². The number of nitrogens with two attached hydrogens (primary N) is 1. The summed E-state index contributed by atoms with van der Waals surface area (Å²) in [5, 5.41) is 0. The van der Waals surface area contributed by atoms with Gasteiger partial charge in [-0.25, -0.2) is 0 Å². The quantitative estimate of drug-likeness (QED) is 0.747. The predicted molar refractivity (Wildman–Crippen MR) is 59.3 cm³/mol. The third-order valence-electron chi connectivity index (χ3n) is 3.05. The molecule has 1 amide bonds. The summed E-state index contributed by atoms with van der Waals surface area (Å²) in [6.45, 7) is 2.05.